The predicted molar refractivity (Wildman–Crippen MR) is 114 cm³/mol. The molecule has 1 N–H and O–H groups in total. The van der Waals surface area contributed by atoms with Crippen LogP contribution >= 0.6 is 12.4 Å². The number of hydrogen-bond acceptors (Lipinski definition) is 5. The number of furan rings is 1. The average Bonchev–Trinajstić information content (AvgIpc) is 3.11. The molecule has 0 aliphatic carbocycles. The van der Waals surface area contributed by atoms with Gasteiger partial charge in [-0.15, -0.1) is 12.4 Å². The highest BCUT2D eigenvalue weighted by atomic mass is 35.5. The lowest BCUT2D eigenvalue weighted by Crippen LogP contribution is -2.47. The van der Waals surface area contributed by atoms with E-state index in [0.717, 1.165) is 42.7 Å². The van der Waals surface area contributed by atoms with Crippen LogP contribution in [0.25, 0.3) is 11.0 Å². The van der Waals surface area contributed by atoms with Crippen molar-refractivity contribution >= 4 is 35.3 Å². The Kier molecular flexibility index (Phi) is 8.07. The lowest BCUT2D eigenvalue weighted by atomic mass is 10.0. The minimum atomic E-state index is -0.804. The Morgan fingerprint density at radius 3 is 2.52 bits per heavy atom. The maximum atomic E-state index is 12.8. The second-order valence-corrected chi connectivity index (χ2v) is 7.68. The van der Waals surface area contributed by atoms with E-state index in [4.69, 9.17) is 9.52 Å². The molecule has 1 saturated heterocycles. The van der Waals surface area contributed by atoms with E-state index in [1.54, 1.807) is 4.90 Å². The standard InChI is InChI=1S/C21H29N3O4.ClH/c1-15(19-12-16-6-4-5-7-18(16)28-19)23(3)20(25)13-24-10-8-17(9-11-24)22(2)14-21(26)27;/h4-7,12,15,17H,8-11,13-14H2,1-3H3,(H,26,27);1H. The van der Waals surface area contributed by atoms with Crippen molar-refractivity contribution in [3.63, 3.8) is 0 Å². The lowest BCUT2D eigenvalue weighted by Gasteiger charge is -2.36. The molecule has 0 spiro atoms. The number of hydrogen-bond donors (Lipinski definition) is 1. The highest BCUT2D eigenvalue weighted by Crippen LogP contribution is 2.27. The number of fused-ring (bicyclic) bond motifs is 1. The van der Waals surface area contributed by atoms with E-state index in [0.29, 0.717) is 6.54 Å². The number of para-hydroxylation sites is 1. The van der Waals surface area contributed by atoms with E-state index in [1.165, 1.54) is 0 Å². The van der Waals surface area contributed by atoms with Gasteiger partial charge in [-0.05, 0) is 38.9 Å². The molecule has 1 atom stereocenters. The molecular weight excluding hydrogens is 394 g/mol. The Labute approximate surface area is 177 Å². The Balaban J connectivity index is 0.00000300. The molecule has 2 aromatic rings. The molecule has 160 valence electrons. The smallest absolute Gasteiger partial charge is 0.317 e. The van der Waals surface area contributed by atoms with E-state index >= 15 is 0 Å². The van der Waals surface area contributed by atoms with Crippen molar-refractivity contribution in [1.29, 1.82) is 0 Å². The number of rotatable bonds is 7. The topological polar surface area (TPSA) is 77.2 Å². The van der Waals surface area contributed by atoms with Gasteiger partial charge in [0.25, 0.3) is 0 Å². The quantitative estimate of drug-likeness (QED) is 0.737. The molecule has 1 fully saturated rings. The highest BCUT2D eigenvalue weighted by molar-refractivity contribution is 5.85. The third kappa shape index (κ3) is 5.72. The van der Waals surface area contributed by atoms with Gasteiger partial charge in [0.2, 0.25) is 5.91 Å². The fourth-order valence-electron chi connectivity index (χ4n) is 3.78. The van der Waals surface area contributed by atoms with Crippen molar-refractivity contribution < 1.29 is 19.1 Å². The number of amides is 1. The number of carbonyl (C=O) groups excluding carboxylic acids is 1. The molecule has 0 bridgehead atoms. The Morgan fingerprint density at radius 2 is 1.90 bits per heavy atom. The fraction of sp³-hybridized carbons (Fsp3) is 0.524. The van der Waals surface area contributed by atoms with Crippen LogP contribution in [-0.4, -0.2) is 78.0 Å². The van der Waals surface area contributed by atoms with Crippen LogP contribution in [0.3, 0.4) is 0 Å². The summed E-state index contributed by atoms with van der Waals surface area (Å²) in [5, 5.41) is 9.97. The fourth-order valence-corrected chi connectivity index (χ4v) is 3.78. The summed E-state index contributed by atoms with van der Waals surface area (Å²) in [6.45, 7) is 4.00. The SMILES string of the molecule is CC(c1cc2ccccc2o1)N(C)C(=O)CN1CCC(N(C)CC(=O)O)CC1.Cl. The molecule has 7 nitrogen and oxygen atoms in total. The zero-order valence-corrected chi connectivity index (χ0v) is 18.0. The highest BCUT2D eigenvalue weighted by Gasteiger charge is 2.27. The van der Waals surface area contributed by atoms with Gasteiger partial charge in [0.1, 0.15) is 11.3 Å². The Bertz CT molecular complexity index is 799. The zero-order valence-electron chi connectivity index (χ0n) is 17.2. The zero-order chi connectivity index (χ0) is 20.3. The number of carboxylic acids is 1. The normalized spacial score (nSPS) is 16.6. The third-order valence-corrected chi connectivity index (χ3v) is 5.75. The second kappa shape index (κ2) is 10.1. The van der Waals surface area contributed by atoms with Crippen LogP contribution in [0.4, 0.5) is 0 Å². The van der Waals surface area contributed by atoms with Gasteiger partial charge >= 0.3 is 5.97 Å². The van der Waals surface area contributed by atoms with Crippen molar-refractivity contribution in [2.24, 2.45) is 0 Å². The number of likely N-dealkylation sites (N-methyl/N-ethyl adjacent to an activating group) is 2. The molecule has 1 unspecified atom stereocenters. The number of aliphatic carboxylic acids is 1. The number of piperidine rings is 1. The molecule has 0 saturated carbocycles. The summed E-state index contributed by atoms with van der Waals surface area (Å²) in [5.74, 6) is 0.0395. The summed E-state index contributed by atoms with van der Waals surface area (Å²) >= 11 is 0. The number of carbonyl (C=O) groups is 2. The van der Waals surface area contributed by atoms with E-state index in [2.05, 4.69) is 4.90 Å². The number of halogens is 1. The summed E-state index contributed by atoms with van der Waals surface area (Å²) in [7, 11) is 3.66. The van der Waals surface area contributed by atoms with Gasteiger partial charge in [-0.2, -0.15) is 0 Å². The van der Waals surface area contributed by atoms with Gasteiger partial charge in [-0.1, -0.05) is 18.2 Å². The van der Waals surface area contributed by atoms with Crippen LogP contribution in [0.1, 0.15) is 31.6 Å². The summed E-state index contributed by atoms with van der Waals surface area (Å²) in [4.78, 5) is 29.4. The van der Waals surface area contributed by atoms with Gasteiger partial charge in [0.05, 0.1) is 19.1 Å². The first kappa shape index (κ1) is 23.2. The van der Waals surface area contributed by atoms with Crippen LogP contribution in [0.2, 0.25) is 0 Å². The van der Waals surface area contributed by atoms with E-state index < -0.39 is 5.97 Å². The molecule has 1 aromatic carbocycles. The third-order valence-electron chi connectivity index (χ3n) is 5.75. The van der Waals surface area contributed by atoms with Gasteiger partial charge < -0.3 is 14.4 Å². The van der Waals surface area contributed by atoms with Crippen molar-refractivity contribution in [3.8, 4) is 0 Å². The number of carboxylic acid groups (broad SMARTS) is 1. The van der Waals surface area contributed by atoms with Crippen molar-refractivity contribution in [1.82, 2.24) is 14.7 Å². The number of nitrogens with zero attached hydrogens (tertiary/aromatic N) is 3. The molecule has 3 rings (SSSR count). The molecule has 8 heteroatoms. The maximum absolute atomic E-state index is 12.8. The molecule has 1 aromatic heterocycles. The molecule has 1 aliphatic heterocycles. The van der Waals surface area contributed by atoms with E-state index in [-0.39, 0.29) is 36.9 Å². The first-order chi connectivity index (χ1) is 13.3. The predicted octanol–water partition coefficient (Wildman–Crippen LogP) is 2.85. The Hall–Kier alpha value is -2.09. The van der Waals surface area contributed by atoms with Gasteiger partial charge in [-0.3, -0.25) is 19.4 Å². The number of benzene rings is 1. The molecule has 29 heavy (non-hydrogen) atoms. The van der Waals surface area contributed by atoms with E-state index in [9.17, 15) is 9.59 Å². The van der Waals surface area contributed by atoms with Crippen LogP contribution in [0.15, 0.2) is 34.7 Å². The average molecular weight is 424 g/mol. The van der Waals surface area contributed by atoms with Crippen LogP contribution in [0.5, 0.6) is 0 Å². The molecule has 0 radical (unpaired) electrons. The van der Waals surface area contributed by atoms with Gasteiger partial charge in [-0.25, -0.2) is 0 Å². The van der Waals surface area contributed by atoms with Gasteiger partial charge in [0, 0.05) is 31.6 Å². The largest absolute Gasteiger partial charge is 0.480 e. The summed E-state index contributed by atoms with van der Waals surface area (Å²) in [6.07, 6.45) is 1.75. The van der Waals surface area contributed by atoms with E-state index in [1.807, 2.05) is 56.3 Å². The van der Waals surface area contributed by atoms with Crippen molar-refractivity contribution in [3.05, 3.63) is 36.1 Å². The van der Waals surface area contributed by atoms with Crippen molar-refractivity contribution in [2.75, 3.05) is 40.3 Å². The van der Waals surface area contributed by atoms with Crippen LogP contribution in [-0.2, 0) is 9.59 Å². The second-order valence-electron chi connectivity index (χ2n) is 7.68. The van der Waals surface area contributed by atoms with Crippen molar-refractivity contribution in [2.45, 2.75) is 31.8 Å². The summed E-state index contributed by atoms with van der Waals surface area (Å²) in [6, 6.07) is 9.95. The molecule has 1 aliphatic rings. The summed E-state index contributed by atoms with van der Waals surface area (Å²) in [5.41, 5.74) is 0.831. The molecule has 1 amide bonds. The van der Waals surface area contributed by atoms with Crippen LogP contribution < -0.4 is 0 Å². The van der Waals surface area contributed by atoms with Gasteiger partial charge in [0.15, 0.2) is 0 Å². The minimum absolute atomic E-state index is 0. The maximum Gasteiger partial charge on any atom is 0.317 e. The first-order valence-corrected chi connectivity index (χ1v) is 9.73. The van der Waals surface area contributed by atoms with Crippen LogP contribution in [0, 0.1) is 0 Å². The lowest BCUT2D eigenvalue weighted by molar-refractivity contribution is -0.138. The number of likely N-dealkylation sites (tertiary alicyclic amines) is 1. The first-order valence-electron chi connectivity index (χ1n) is 9.73. The monoisotopic (exact) mass is 423 g/mol. The summed E-state index contributed by atoms with van der Waals surface area (Å²) < 4.78 is 5.90. The molecular formula is C21H30ClN3O4. The minimum Gasteiger partial charge on any atom is -0.480 e. The Morgan fingerprint density at radius 1 is 1.24 bits per heavy atom. The molecule has 2 heterocycles.